The molecule has 0 aromatic heterocycles. The van der Waals surface area contributed by atoms with E-state index in [0.29, 0.717) is 19.1 Å². The lowest BCUT2D eigenvalue weighted by Gasteiger charge is -2.31. The Bertz CT molecular complexity index is 409. The highest BCUT2D eigenvalue weighted by molar-refractivity contribution is 5.78. The molecule has 4 heteroatoms. The second-order valence-corrected chi connectivity index (χ2v) is 5.01. The van der Waals surface area contributed by atoms with Crippen LogP contribution in [-0.4, -0.2) is 37.1 Å². The minimum absolute atomic E-state index is 0.204. The molecule has 0 aliphatic carbocycles. The van der Waals surface area contributed by atoms with Crippen LogP contribution in [0.1, 0.15) is 24.0 Å². The Morgan fingerprint density at radius 1 is 1.26 bits per heavy atom. The number of methoxy groups -OCH3 is 1. The fraction of sp³-hybridized carbons (Fsp3) is 0.533. The fourth-order valence-corrected chi connectivity index (χ4v) is 2.42. The molecule has 1 aromatic rings. The first-order valence-electron chi connectivity index (χ1n) is 6.81. The SMILES string of the molecule is COC1CCN(C(=O)Cc2ccc(CN)cc2)CC1. The number of likely N-dealkylation sites (tertiary alicyclic amines) is 1. The van der Waals surface area contributed by atoms with Gasteiger partial charge < -0.3 is 15.4 Å². The van der Waals surface area contributed by atoms with Crippen molar-refractivity contribution in [2.24, 2.45) is 5.73 Å². The maximum Gasteiger partial charge on any atom is 0.226 e. The summed E-state index contributed by atoms with van der Waals surface area (Å²) < 4.78 is 5.31. The molecule has 2 rings (SSSR count). The van der Waals surface area contributed by atoms with Crippen molar-refractivity contribution in [1.29, 1.82) is 0 Å². The molecule has 2 N–H and O–H groups in total. The van der Waals surface area contributed by atoms with E-state index >= 15 is 0 Å². The van der Waals surface area contributed by atoms with Crippen molar-refractivity contribution in [2.75, 3.05) is 20.2 Å². The van der Waals surface area contributed by atoms with Crippen LogP contribution in [0.5, 0.6) is 0 Å². The monoisotopic (exact) mass is 262 g/mol. The van der Waals surface area contributed by atoms with Crippen LogP contribution < -0.4 is 5.73 Å². The van der Waals surface area contributed by atoms with Crippen LogP contribution in [0.2, 0.25) is 0 Å². The van der Waals surface area contributed by atoms with Gasteiger partial charge in [-0.15, -0.1) is 0 Å². The normalized spacial score (nSPS) is 16.6. The maximum atomic E-state index is 12.2. The summed E-state index contributed by atoms with van der Waals surface area (Å²) in [5.41, 5.74) is 7.70. The molecule has 0 saturated carbocycles. The van der Waals surface area contributed by atoms with Gasteiger partial charge in [0.1, 0.15) is 0 Å². The number of hydrogen-bond acceptors (Lipinski definition) is 3. The summed E-state index contributed by atoms with van der Waals surface area (Å²) in [5.74, 6) is 0.204. The third-order valence-corrected chi connectivity index (χ3v) is 3.74. The first kappa shape index (κ1) is 14.0. The third-order valence-electron chi connectivity index (χ3n) is 3.74. The first-order chi connectivity index (χ1) is 9.22. The van der Waals surface area contributed by atoms with Crippen LogP contribution in [0.15, 0.2) is 24.3 Å². The molecule has 4 nitrogen and oxygen atoms in total. The van der Waals surface area contributed by atoms with E-state index in [9.17, 15) is 4.79 Å². The number of nitrogens with two attached hydrogens (primary N) is 1. The summed E-state index contributed by atoms with van der Waals surface area (Å²) >= 11 is 0. The van der Waals surface area contributed by atoms with Gasteiger partial charge in [-0.2, -0.15) is 0 Å². The Kier molecular flexibility index (Phi) is 4.93. The van der Waals surface area contributed by atoms with Crippen LogP contribution in [0.25, 0.3) is 0 Å². The maximum absolute atomic E-state index is 12.2. The highest BCUT2D eigenvalue weighted by Crippen LogP contribution is 2.14. The van der Waals surface area contributed by atoms with Crippen molar-refractivity contribution >= 4 is 5.91 Å². The molecule has 1 aliphatic heterocycles. The standard InChI is InChI=1S/C15H22N2O2/c1-19-14-6-8-17(9-7-14)15(18)10-12-2-4-13(11-16)5-3-12/h2-5,14H,6-11,16H2,1H3. The minimum Gasteiger partial charge on any atom is -0.381 e. The highest BCUT2D eigenvalue weighted by atomic mass is 16.5. The Hall–Kier alpha value is -1.39. The molecule has 0 spiro atoms. The van der Waals surface area contributed by atoms with E-state index in [1.807, 2.05) is 29.2 Å². The smallest absolute Gasteiger partial charge is 0.226 e. The molecule has 1 amide bonds. The zero-order chi connectivity index (χ0) is 13.7. The summed E-state index contributed by atoms with van der Waals surface area (Å²) in [7, 11) is 1.74. The molecule has 0 bridgehead atoms. The first-order valence-corrected chi connectivity index (χ1v) is 6.81. The van der Waals surface area contributed by atoms with E-state index < -0.39 is 0 Å². The van der Waals surface area contributed by atoms with Crippen molar-refractivity contribution in [1.82, 2.24) is 4.90 Å². The molecular weight excluding hydrogens is 240 g/mol. The minimum atomic E-state index is 0.204. The molecule has 104 valence electrons. The lowest BCUT2D eigenvalue weighted by molar-refractivity contribution is -0.132. The lowest BCUT2D eigenvalue weighted by atomic mass is 10.1. The average Bonchev–Trinajstić information content (AvgIpc) is 2.48. The van der Waals surface area contributed by atoms with Gasteiger partial charge in [-0.3, -0.25) is 4.79 Å². The number of hydrogen-bond donors (Lipinski definition) is 1. The van der Waals surface area contributed by atoms with Crippen LogP contribution in [0.3, 0.4) is 0 Å². The van der Waals surface area contributed by atoms with Gasteiger partial charge in [-0.25, -0.2) is 0 Å². The summed E-state index contributed by atoms with van der Waals surface area (Å²) in [6.45, 7) is 2.15. The number of piperidine rings is 1. The Morgan fingerprint density at radius 2 is 1.84 bits per heavy atom. The summed E-state index contributed by atoms with van der Waals surface area (Å²) in [5, 5.41) is 0. The number of benzene rings is 1. The Labute approximate surface area is 114 Å². The van der Waals surface area contributed by atoms with Gasteiger partial charge in [-0.05, 0) is 24.0 Å². The largest absolute Gasteiger partial charge is 0.381 e. The van der Waals surface area contributed by atoms with E-state index in [0.717, 1.165) is 37.1 Å². The van der Waals surface area contributed by atoms with E-state index in [2.05, 4.69) is 0 Å². The number of nitrogens with zero attached hydrogens (tertiary/aromatic N) is 1. The summed E-state index contributed by atoms with van der Waals surface area (Å²) in [6.07, 6.45) is 2.67. The second kappa shape index (κ2) is 6.68. The number of carbonyl (C=O) groups is 1. The van der Waals surface area contributed by atoms with Gasteiger partial charge in [0.05, 0.1) is 12.5 Å². The summed E-state index contributed by atoms with van der Waals surface area (Å²) in [4.78, 5) is 14.1. The predicted molar refractivity (Wildman–Crippen MR) is 74.6 cm³/mol. The Morgan fingerprint density at radius 3 is 2.37 bits per heavy atom. The van der Waals surface area contributed by atoms with Gasteiger partial charge in [0.15, 0.2) is 0 Å². The van der Waals surface area contributed by atoms with Crippen LogP contribution in [0.4, 0.5) is 0 Å². The van der Waals surface area contributed by atoms with E-state index in [1.165, 1.54) is 0 Å². The number of amides is 1. The predicted octanol–water partition coefficient (Wildman–Crippen LogP) is 1.33. The van der Waals surface area contributed by atoms with Gasteiger partial charge in [0.2, 0.25) is 5.91 Å². The lowest BCUT2D eigenvalue weighted by Crippen LogP contribution is -2.41. The molecule has 1 aliphatic rings. The molecule has 0 atom stereocenters. The summed E-state index contributed by atoms with van der Waals surface area (Å²) in [6, 6.07) is 7.95. The van der Waals surface area contributed by atoms with Crippen molar-refractivity contribution < 1.29 is 9.53 Å². The topological polar surface area (TPSA) is 55.6 Å². The Balaban J connectivity index is 1.86. The van der Waals surface area contributed by atoms with Gasteiger partial charge in [0.25, 0.3) is 0 Å². The molecule has 0 radical (unpaired) electrons. The molecule has 1 aromatic carbocycles. The molecule has 1 heterocycles. The van der Waals surface area contributed by atoms with Gasteiger partial charge >= 0.3 is 0 Å². The van der Waals surface area contributed by atoms with Crippen molar-refractivity contribution in [3.8, 4) is 0 Å². The van der Waals surface area contributed by atoms with Crippen molar-refractivity contribution in [3.05, 3.63) is 35.4 Å². The van der Waals surface area contributed by atoms with Crippen molar-refractivity contribution in [3.63, 3.8) is 0 Å². The highest BCUT2D eigenvalue weighted by Gasteiger charge is 2.22. The zero-order valence-electron chi connectivity index (χ0n) is 11.5. The fourth-order valence-electron chi connectivity index (χ4n) is 2.42. The third kappa shape index (κ3) is 3.78. The second-order valence-electron chi connectivity index (χ2n) is 5.01. The van der Waals surface area contributed by atoms with Crippen LogP contribution in [0, 0.1) is 0 Å². The van der Waals surface area contributed by atoms with Gasteiger partial charge in [-0.1, -0.05) is 24.3 Å². The van der Waals surface area contributed by atoms with E-state index in [4.69, 9.17) is 10.5 Å². The van der Waals surface area contributed by atoms with Crippen LogP contribution in [-0.2, 0) is 22.5 Å². The average molecular weight is 262 g/mol. The number of carbonyl (C=O) groups excluding carboxylic acids is 1. The number of ether oxygens (including phenoxy) is 1. The molecule has 1 fully saturated rings. The quantitative estimate of drug-likeness (QED) is 0.890. The number of rotatable bonds is 4. The van der Waals surface area contributed by atoms with Gasteiger partial charge in [0, 0.05) is 26.7 Å². The van der Waals surface area contributed by atoms with E-state index in [-0.39, 0.29) is 5.91 Å². The van der Waals surface area contributed by atoms with E-state index in [1.54, 1.807) is 7.11 Å². The van der Waals surface area contributed by atoms with Crippen molar-refractivity contribution in [2.45, 2.75) is 31.9 Å². The molecule has 19 heavy (non-hydrogen) atoms. The molecular formula is C15H22N2O2. The zero-order valence-corrected chi connectivity index (χ0v) is 11.5. The molecule has 1 saturated heterocycles. The molecule has 0 unspecified atom stereocenters. The van der Waals surface area contributed by atoms with Crippen LogP contribution >= 0.6 is 0 Å².